The fraction of sp³-hybridized carbons (Fsp3) is 0.500. The van der Waals surface area contributed by atoms with E-state index in [2.05, 4.69) is 37.2 Å². The lowest BCUT2D eigenvalue weighted by molar-refractivity contribution is 0.126. The molecule has 0 bridgehead atoms. The largest absolute Gasteiger partial charge is 0.396 e. The molecule has 1 aromatic carbocycles. The summed E-state index contributed by atoms with van der Waals surface area (Å²) in [6, 6.07) is 4.33. The minimum atomic E-state index is -0.125. The third kappa shape index (κ3) is 4.02. The first-order chi connectivity index (χ1) is 8.06. The van der Waals surface area contributed by atoms with Gasteiger partial charge in [-0.05, 0) is 53.7 Å². The summed E-state index contributed by atoms with van der Waals surface area (Å²) in [6.07, 6.45) is 3.59. The molecule has 2 rings (SSSR count). The van der Waals surface area contributed by atoms with Crippen LogP contribution in [-0.4, -0.2) is 17.3 Å². The third-order valence-electron chi connectivity index (χ3n) is 3.15. The van der Waals surface area contributed by atoms with Gasteiger partial charge in [-0.3, -0.25) is 0 Å². The van der Waals surface area contributed by atoms with Gasteiger partial charge in [-0.25, -0.2) is 0 Å². The smallest absolute Gasteiger partial charge is 0.0695 e. The summed E-state index contributed by atoms with van der Waals surface area (Å²) in [4.78, 5) is 0. The molecular weight excluding hydrogens is 383 g/mol. The normalized spacial score (nSPS) is 23.3. The minimum absolute atomic E-state index is 0. The zero-order valence-electron chi connectivity index (χ0n) is 9.83. The van der Waals surface area contributed by atoms with Crippen molar-refractivity contribution < 1.29 is 5.11 Å². The SMILES string of the molecule is Cl.Nc1c(Br)cc(Br)cc1NC1CCC(O)CC1. The monoisotopic (exact) mass is 398 g/mol. The Labute approximate surface area is 130 Å². The Kier molecular flexibility index (Phi) is 6.24. The summed E-state index contributed by atoms with van der Waals surface area (Å²) >= 11 is 6.89. The number of hydrogen-bond acceptors (Lipinski definition) is 3. The number of benzene rings is 1. The highest BCUT2D eigenvalue weighted by molar-refractivity contribution is 9.11. The molecule has 0 heterocycles. The molecule has 102 valence electrons. The van der Waals surface area contributed by atoms with Crippen LogP contribution in [0.3, 0.4) is 0 Å². The summed E-state index contributed by atoms with van der Waals surface area (Å²) in [7, 11) is 0. The average Bonchev–Trinajstić information content (AvgIpc) is 2.28. The van der Waals surface area contributed by atoms with Gasteiger partial charge < -0.3 is 16.2 Å². The van der Waals surface area contributed by atoms with Gasteiger partial charge in [-0.15, -0.1) is 12.4 Å². The van der Waals surface area contributed by atoms with E-state index in [0.29, 0.717) is 6.04 Å². The van der Waals surface area contributed by atoms with Crippen molar-refractivity contribution in [3.63, 3.8) is 0 Å². The number of nitrogens with one attached hydrogen (secondary N) is 1. The van der Waals surface area contributed by atoms with E-state index in [1.54, 1.807) is 0 Å². The van der Waals surface area contributed by atoms with Crippen LogP contribution in [0.1, 0.15) is 25.7 Å². The highest BCUT2D eigenvalue weighted by atomic mass is 79.9. The Bertz CT molecular complexity index is 409. The fourth-order valence-electron chi connectivity index (χ4n) is 2.14. The fourth-order valence-corrected chi connectivity index (χ4v) is 3.37. The van der Waals surface area contributed by atoms with Gasteiger partial charge in [0.1, 0.15) is 0 Å². The maximum atomic E-state index is 9.47. The highest BCUT2D eigenvalue weighted by Crippen LogP contribution is 2.33. The predicted octanol–water partition coefficient (Wildman–Crippen LogP) is 3.93. The second-order valence-corrected chi connectivity index (χ2v) is 6.27. The van der Waals surface area contributed by atoms with Crippen molar-refractivity contribution in [2.45, 2.75) is 37.8 Å². The van der Waals surface area contributed by atoms with Crippen LogP contribution in [0.5, 0.6) is 0 Å². The van der Waals surface area contributed by atoms with Crippen LogP contribution in [0.4, 0.5) is 11.4 Å². The molecule has 1 aliphatic rings. The Morgan fingerprint density at radius 1 is 1.17 bits per heavy atom. The van der Waals surface area contributed by atoms with Crippen molar-refractivity contribution in [3.05, 3.63) is 21.1 Å². The number of nitrogen functional groups attached to an aromatic ring is 1. The third-order valence-corrected chi connectivity index (χ3v) is 4.26. The van der Waals surface area contributed by atoms with Crippen LogP contribution in [0.15, 0.2) is 21.1 Å². The number of anilines is 2. The molecule has 18 heavy (non-hydrogen) atoms. The van der Waals surface area contributed by atoms with E-state index < -0.39 is 0 Å². The Balaban J connectivity index is 0.00000162. The van der Waals surface area contributed by atoms with E-state index >= 15 is 0 Å². The highest BCUT2D eigenvalue weighted by Gasteiger charge is 2.20. The second-order valence-electron chi connectivity index (χ2n) is 4.50. The molecule has 0 aliphatic heterocycles. The van der Waals surface area contributed by atoms with Crippen LogP contribution >= 0.6 is 44.3 Å². The summed E-state index contributed by atoms with van der Waals surface area (Å²) in [6.45, 7) is 0. The lowest BCUT2D eigenvalue weighted by Gasteiger charge is -2.27. The molecule has 0 atom stereocenters. The van der Waals surface area contributed by atoms with Crippen molar-refractivity contribution in [2.24, 2.45) is 0 Å². The first-order valence-corrected chi connectivity index (χ1v) is 7.34. The summed E-state index contributed by atoms with van der Waals surface area (Å²) < 4.78 is 1.89. The van der Waals surface area contributed by atoms with E-state index in [1.807, 2.05) is 12.1 Å². The maximum Gasteiger partial charge on any atom is 0.0695 e. The molecule has 0 aromatic heterocycles. The van der Waals surface area contributed by atoms with E-state index in [0.717, 1.165) is 46.0 Å². The Hall–Kier alpha value is 0.0300. The van der Waals surface area contributed by atoms with Gasteiger partial charge in [0.15, 0.2) is 0 Å². The van der Waals surface area contributed by atoms with Crippen LogP contribution < -0.4 is 11.1 Å². The first-order valence-electron chi connectivity index (χ1n) is 5.75. The van der Waals surface area contributed by atoms with Gasteiger partial charge in [0, 0.05) is 15.0 Å². The van der Waals surface area contributed by atoms with Crippen LogP contribution in [0, 0.1) is 0 Å². The molecular formula is C12H17Br2ClN2O. The van der Waals surface area contributed by atoms with Gasteiger partial charge in [0.05, 0.1) is 17.5 Å². The van der Waals surface area contributed by atoms with Gasteiger partial charge in [-0.2, -0.15) is 0 Å². The van der Waals surface area contributed by atoms with E-state index in [4.69, 9.17) is 5.73 Å². The number of hydrogen-bond donors (Lipinski definition) is 3. The van der Waals surface area contributed by atoms with E-state index in [9.17, 15) is 5.11 Å². The molecule has 1 saturated carbocycles. The van der Waals surface area contributed by atoms with Crippen LogP contribution in [-0.2, 0) is 0 Å². The molecule has 1 fully saturated rings. The second kappa shape index (κ2) is 6.98. The molecule has 0 amide bonds. The Morgan fingerprint density at radius 2 is 1.78 bits per heavy atom. The zero-order chi connectivity index (χ0) is 12.4. The lowest BCUT2D eigenvalue weighted by atomic mass is 9.93. The van der Waals surface area contributed by atoms with Gasteiger partial charge in [0.25, 0.3) is 0 Å². The molecule has 6 heteroatoms. The molecule has 0 spiro atoms. The molecule has 4 N–H and O–H groups in total. The van der Waals surface area contributed by atoms with Crippen molar-refractivity contribution in [3.8, 4) is 0 Å². The van der Waals surface area contributed by atoms with Gasteiger partial charge >= 0.3 is 0 Å². The molecule has 1 aromatic rings. The molecule has 0 radical (unpaired) electrons. The zero-order valence-corrected chi connectivity index (χ0v) is 13.8. The molecule has 0 unspecified atom stereocenters. The minimum Gasteiger partial charge on any atom is -0.396 e. The number of rotatable bonds is 2. The standard InChI is InChI=1S/C12H16Br2N2O.ClH/c13-7-5-10(14)12(15)11(6-7)16-8-1-3-9(17)4-2-8;/h5-6,8-9,16-17H,1-4,15H2;1H. The van der Waals surface area contributed by atoms with E-state index in [-0.39, 0.29) is 18.5 Å². The van der Waals surface area contributed by atoms with Crippen molar-refractivity contribution in [1.82, 2.24) is 0 Å². The molecule has 0 saturated heterocycles. The Morgan fingerprint density at radius 3 is 2.39 bits per heavy atom. The van der Waals surface area contributed by atoms with E-state index in [1.165, 1.54) is 0 Å². The predicted molar refractivity (Wildman–Crippen MR) is 85.4 cm³/mol. The van der Waals surface area contributed by atoms with Crippen LogP contribution in [0.25, 0.3) is 0 Å². The summed E-state index contributed by atoms with van der Waals surface area (Å²) in [5, 5.41) is 12.9. The van der Waals surface area contributed by atoms with Crippen molar-refractivity contribution in [1.29, 1.82) is 0 Å². The average molecular weight is 401 g/mol. The number of aliphatic hydroxyl groups excluding tert-OH is 1. The molecule has 3 nitrogen and oxygen atoms in total. The lowest BCUT2D eigenvalue weighted by Crippen LogP contribution is -2.28. The van der Waals surface area contributed by atoms with Gasteiger partial charge in [0.2, 0.25) is 0 Å². The first kappa shape index (κ1) is 16.1. The van der Waals surface area contributed by atoms with Gasteiger partial charge in [-0.1, -0.05) is 15.9 Å². The summed E-state index contributed by atoms with van der Waals surface area (Å²) in [5.41, 5.74) is 7.70. The molecule has 1 aliphatic carbocycles. The van der Waals surface area contributed by atoms with Crippen molar-refractivity contribution in [2.75, 3.05) is 11.1 Å². The number of aliphatic hydroxyl groups is 1. The number of nitrogens with two attached hydrogens (primary N) is 1. The summed E-state index contributed by atoms with van der Waals surface area (Å²) in [5.74, 6) is 0. The number of halogens is 3. The van der Waals surface area contributed by atoms with Crippen molar-refractivity contribution >= 4 is 55.6 Å². The topological polar surface area (TPSA) is 58.3 Å². The van der Waals surface area contributed by atoms with Crippen LogP contribution in [0.2, 0.25) is 0 Å². The maximum absolute atomic E-state index is 9.47. The quantitative estimate of drug-likeness (QED) is 0.659.